The highest BCUT2D eigenvalue weighted by Crippen LogP contribution is 2.32. The van der Waals surface area contributed by atoms with E-state index in [0.29, 0.717) is 10.7 Å². The highest BCUT2D eigenvalue weighted by molar-refractivity contribution is 7.91. The second-order valence-electron chi connectivity index (χ2n) is 4.76. The number of hydrogen-bond acceptors (Lipinski definition) is 4. The molecule has 0 spiro atoms. The maximum absolute atomic E-state index is 12.3. The average molecular weight is 443 g/mol. The summed E-state index contributed by atoms with van der Waals surface area (Å²) in [7, 11) is -3.81. The summed E-state index contributed by atoms with van der Waals surface area (Å²) in [6, 6.07) is 8.95. The molecule has 0 radical (unpaired) electrons. The predicted molar refractivity (Wildman–Crippen MR) is 99.9 cm³/mol. The van der Waals surface area contributed by atoms with Crippen LogP contribution in [0.15, 0.2) is 41.3 Å². The number of benzene rings is 2. The van der Waals surface area contributed by atoms with Crippen LogP contribution in [0.4, 0.5) is 10.5 Å². The number of para-hydroxylation sites is 1. The minimum Gasteiger partial charge on any atom is -0.448 e. The lowest BCUT2D eigenvalue weighted by Gasteiger charge is -2.10. The van der Waals surface area contributed by atoms with E-state index in [1.54, 1.807) is 24.3 Å². The Hall–Kier alpha value is -1.18. The molecule has 134 valence electrons. The lowest BCUT2D eigenvalue weighted by atomic mass is 10.3. The number of rotatable bonds is 5. The van der Waals surface area contributed by atoms with Crippen molar-refractivity contribution >= 4 is 68.0 Å². The van der Waals surface area contributed by atoms with Gasteiger partial charge < -0.3 is 4.74 Å². The molecule has 1 amide bonds. The first-order valence-corrected chi connectivity index (χ1v) is 9.93. The fourth-order valence-electron chi connectivity index (χ4n) is 1.81. The van der Waals surface area contributed by atoms with Gasteiger partial charge in [0.15, 0.2) is 9.84 Å². The number of ether oxygens (including phenoxy) is 1. The monoisotopic (exact) mass is 441 g/mol. The molecule has 0 saturated heterocycles. The Kier molecular flexibility index (Phi) is 6.82. The number of carbonyl (C=O) groups excluding carboxylic acids is 1. The van der Waals surface area contributed by atoms with E-state index in [-0.39, 0.29) is 26.6 Å². The first-order chi connectivity index (χ1) is 11.7. The third kappa shape index (κ3) is 5.39. The Morgan fingerprint density at radius 2 is 1.60 bits per heavy atom. The molecule has 0 aliphatic carbocycles. The Labute approximate surface area is 164 Å². The predicted octanol–water partition coefficient (Wildman–Crippen LogP) is 5.32. The van der Waals surface area contributed by atoms with Gasteiger partial charge in [0.1, 0.15) is 6.61 Å². The van der Waals surface area contributed by atoms with Crippen LogP contribution >= 0.6 is 46.4 Å². The molecule has 0 aromatic heterocycles. The van der Waals surface area contributed by atoms with E-state index in [0.717, 1.165) is 6.07 Å². The van der Waals surface area contributed by atoms with E-state index in [9.17, 15) is 13.2 Å². The summed E-state index contributed by atoms with van der Waals surface area (Å²) in [5.74, 6) is -0.472. The Bertz CT molecular complexity index is 902. The summed E-state index contributed by atoms with van der Waals surface area (Å²) < 4.78 is 29.4. The highest BCUT2D eigenvalue weighted by atomic mass is 35.5. The van der Waals surface area contributed by atoms with Crippen molar-refractivity contribution in [3.8, 4) is 0 Å². The molecule has 0 saturated carbocycles. The maximum Gasteiger partial charge on any atom is 0.411 e. The summed E-state index contributed by atoms with van der Waals surface area (Å²) in [4.78, 5) is 11.5. The summed E-state index contributed by atoms with van der Waals surface area (Å²) in [5, 5.41) is 2.88. The normalized spacial score (nSPS) is 11.2. The van der Waals surface area contributed by atoms with Gasteiger partial charge in [-0.15, -0.1) is 0 Å². The fraction of sp³-hybridized carbons (Fsp3) is 0.133. The molecule has 25 heavy (non-hydrogen) atoms. The SMILES string of the molecule is O=C(Nc1ccccc1Cl)OCCS(=O)(=O)c1cc(Cl)c(Cl)cc1Cl. The number of nitrogens with one attached hydrogen (secondary N) is 1. The van der Waals surface area contributed by atoms with Crippen LogP contribution in [0, 0.1) is 0 Å². The van der Waals surface area contributed by atoms with Crippen molar-refractivity contribution in [2.75, 3.05) is 17.7 Å². The van der Waals surface area contributed by atoms with Gasteiger partial charge in [-0.05, 0) is 24.3 Å². The van der Waals surface area contributed by atoms with Gasteiger partial charge in [-0.1, -0.05) is 58.5 Å². The van der Waals surface area contributed by atoms with Gasteiger partial charge in [0.05, 0.1) is 36.4 Å². The Balaban J connectivity index is 1.98. The Morgan fingerprint density at radius 3 is 2.28 bits per heavy atom. The minimum atomic E-state index is -3.81. The number of carbonyl (C=O) groups is 1. The van der Waals surface area contributed by atoms with Gasteiger partial charge in [-0.25, -0.2) is 13.2 Å². The quantitative estimate of drug-likeness (QED) is 0.635. The van der Waals surface area contributed by atoms with Crippen LogP contribution in [0.2, 0.25) is 20.1 Å². The van der Waals surface area contributed by atoms with Crippen LogP contribution in [0.3, 0.4) is 0 Å². The summed E-state index contributed by atoms with van der Waals surface area (Å²) in [5.41, 5.74) is 0.351. The van der Waals surface area contributed by atoms with Crippen LogP contribution in [0.5, 0.6) is 0 Å². The zero-order valence-electron chi connectivity index (χ0n) is 12.4. The number of anilines is 1. The molecule has 0 atom stereocenters. The summed E-state index contributed by atoms with van der Waals surface area (Å²) in [6.07, 6.45) is -0.830. The molecule has 0 aliphatic heterocycles. The molecular weight excluding hydrogens is 432 g/mol. The van der Waals surface area contributed by atoms with Crippen molar-refractivity contribution in [3.05, 3.63) is 56.5 Å². The molecule has 1 N–H and O–H groups in total. The van der Waals surface area contributed by atoms with E-state index < -0.39 is 21.7 Å². The van der Waals surface area contributed by atoms with Crippen molar-refractivity contribution < 1.29 is 17.9 Å². The van der Waals surface area contributed by atoms with E-state index in [2.05, 4.69) is 5.32 Å². The lowest BCUT2D eigenvalue weighted by molar-refractivity contribution is 0.168. The zero-order chi connectivity index (χ0) is 18.6. The Morgan fingerprint density at radius 1 is 0.960 bits per heavy atom. The van der Waals surface area contributed by atoms with Crippen molar-refractivity contribution in [1.29, 1.82) is 0 Å². The molecule has 0 bridgehead atoms. The molecular formula is C15H11Cl4NO4S. The highest BCUT2D eigenvalue weighted by Gasteiger charge is 2.21. The maximum atomic E-state index is 12.3. The van der Waals surface area contributed by atoms with Crippen LogP contribution in [-0.2, 0) is 14.6 Å². The molecule has 2 aromatic carbocycles. The smallest absolute Gasteiger partial charge is 0.411 e. The molecule has 0 fully saturated rings. The van der Waals surface area contributed by atoms with Crippen LogP contribution in [0.1, 0.15) is 0 Å². The molecule has 0 heterocycles. The van der Waals surface area contributed by atoms with Crippen molar-refractivity contribution in [2.24, 2.45) is 0 Å². The number of amides is 1. The summed E-state index contributed by atoms with van der Waals surface area (Å²) >= 11 is 23.4. The van der Waals surface area contributed by atoms with Gasteiger partial charge in [-0.3, -0.25) is 5.32 Å². The van der Waals surface area contributed by atoms with Crippen LogP contribution in [0.25, 0.3) is 0 Å². The minimum absolute atomic E-state index is 0.0574. The van der Waals surface area contributed by atoms with Gasteiger partial charge in [0.2, 0.25) is 0 Å². The molecule has 10 heteroatoms. The molecule has 0 unspecified atom stereocenters. The second-order valence-corrected chi connectivity index (χ2v) is 8.46. The van der Waals surface area contributed by atoms with Crippen molar-refractivity contribution in [3.63, 3.8) is 0 Å². The third-order valence-corrected chi connectivity index (χ3v) is 6.19. The second kappa shape index (κ2) is 8.47. The largest absolute Gasteiger partial charge is 0.448 e. The number of halogens is 4. The van der Waals surface area contributed by atoms with Gasteiger partial charge in [-0.2, -0.15) is 0 Å². The third-order valence-electron chi connectivity index (χ3n) is 3.01. The molecule has 2 aromatic rings. The summed E-state index contributed by atoms with van der Waals surface area (Å²) in [6.45, 7) is -0.380. The zero-order valence-corrected chi connectivity index (χ0v) is 16.3. The van der Waals surface area contributed by atoms with Gasteiger partial charge in [0.25, 0.3) is 0 Å². The molecule has 5 nitrogen and oxygen atoms in total. The number of hydrogen-bond donors (Lipinski definition) is 1. The number of sulfone groups is 1. The standard InChI is InChI=1S/C15H11Cl4NO4S/c16-9-3-1-2-4-13(9)20-15(21)24-5-6-25(22,23)14-8-11(18)10(17)7-12(14)19/h1-4,7-8H,5-6H2,(H,20,21). The van der Waals surface area contributed by atoms with Crippen LogP contribution in [-0.4, -0.2) is 26.9 Å². The van der Waals surface area contributed by atoms with E-state index in [1.807, 2.05) is 0 Å². The van der Waals surface area contributed by atoms with E-state index >= 15 is 0 Å². The van der Waals surface area contributed by atoms with Crippen molar-refractivity contribution in [1.82, 2.24) is 0 Å². The fourth-order valence-corrected chi connectivity index (χ4v) is 4.13. The van der Waals surface area contributed by atoms with Crippen LogP contribution < -0.4 is 5.32 Å². The van der Waals surface area contributed by atoms with Crippen molar-refractivity contribution in [2.45, 2.75) is 4.90 Å². The molecule has 0 aliphatic rings. The van der Waals surface area contributed by atoms with Gasteiger partial charge in [0, 0.05) is 0 Å². The molecule has 2 rings (SSSR count). The topological polar surface area (TPSA) is 72.5 Å². The lowest BCUT2D eigenvalue weighted by Crippen LogP contribution is -2.19. The van der Waals surface area contributed by atoms with E-state index in [1.165, 1.54) is 6.07 Å². The average Bonchev–Trinajstić information content (AvgIpc) is 2.52. The first kappa shape index (κ1) is 20.1. The first-order valence-electron chi connectivity index (χ1n) is 6.76. The van der Waals surface area contributed by atoms with E-state index in [4.69, 9.17) is 51.1 Å². The van der Waals surface area contributed by atoms with Gasteiger partial charge >= 0.3 is 6.09 Å².